The van der Waals surface area contributed by atoms with Crippen LogP contribution in [0.5, 0.6) is 11.8 Å². The molecule has 1 aromatic heterocycles. The third kappa shape index (κ3) is 6.70. The Hall–Kier alpha value is -2.12. The fourth-order valence-corrected chi connectivity index (χ4v) is 4.72. The van der Waals surface area contributed by atoms with Crippen LogP contribution >= 0.6 is 0 Å². The Bertz CT molecular complexity index is 1070. The Balaban J connectivity index is 1.61. The zero-order valence-corrected chi connectivity index (χ0v) is 19.1. The number of hydrogen-bond donors (Lipinski definition) is 1. The smallest absolute Gasteiger partial charge is 0.297 e. The molecule has 186 valence electrons. The minimum Gasteiger partial charge on any atom is -0.484 e. The molecule has 33 heavy (non-hydrogen) atoms. The summed E-state index contributed by atoms with van der Waals surface area (Å²) >= 11 is 0. The molecule has 1 aromatic carbocycles. The number of benzene rings is 1. The van der Waals surface area contributed by atoms with E-state index in [4.69, 9.17) is 14.6 Å². The average Bonchev–Trinajstić information content (AvgIpc) is 3.05. The van der Waals surface area contributed by atoms with Crippen molar-refractivity contribution in [1.29, 1.82) is 0 Å². The maximum absolute atomic E-state index is 14.7. The van der Waals surface area contributed by atoms with Crippen molar-refractivity contribution in [2.24, 2.45) is 18.1 Å². The second-order valence-electron chi connectivity index (χ2n) is 8.31. The number of imidazole rings is 1. The van der Waals surface area contributed by atoms with E-state index >= 15 is 0 Å². The molecule has 1 heterocycles. The van der Waals surface area contributed by atoms with Crippen molar-refractivity contribution in [2.45, 2.75) is 51.2 Å². The Kier molecular flexibility index (Phi) is 8.06. The number of alkyl halides is 2. The molecule has 1 aliphatic carbocycles. The van der Waals surface area contributed by atoms with Crippen LogP contribution in [0.1, 0.15) is 32.6 Å². The van der Waals surface area contributed by atoms with Crippen molar-refractivity contribution in [3.05, 3.63) is 17.7 Å². The molecule has 0 amide bonds. The number of nitrogens with zero attached hydrogens (tertiary/aromatic N) is 2. The summed E-state index contributed by atoms with van der Waals surface area (Å²) in [5.41, 5.74) is -0.523. The monoisotopic (exact) mass is 497 g/mol. The van der Waals surface area contributed by atoms with E-state index < -0.39 is 40.4 Å². The second-order valence-corrected chi connectivity index (χ2v) is 9.97. The molecule has 0 bridgehead atoms. The van der Waals surface area contributed by atoms with Crippen molar-refractivity contribution in [1.82, 2.24) is 9.55 Å². The molecule has 8 nitrogen and oxygen atoms in total. The summed E-state index contributed by atoms with van der Waals surface area (Å²) in [4.78, 5) is 4.04. The van der Waals surface area contributed by atoms with Gasteiger partial charge < -0.3 is 14.2 Å². The van der Waals surface area contributed by atoms with Gasteiger partial charge in [-0.15, -0.1) is 0 Å². The minimum atomic E-state index is -3.55. The summed E-state index contributed by atoms with van der Waals surface area (Å²) in [7, 11) is -2.12. The minimum absolute atomic E-state index is 0.0000439. The predicted molar refractivity (Wildman–Crippen MR) is 112 cm³/mol. The highest BCUT2D eigenvalue weighted by Crippen LogP contribution is 2.33. The van der Waals surface area contributed by atoms with Gasteiger partial charge in [0.05, 0.1) is 18.5 Å². The summed E-state index contributed by atoms with van der Waals surface area (Å²) in [6, 6.07) is 0.691. The van der Waals surface area contributed by atoms with Crippen LogP contribution in [0.15, 0.2) is 6.07 Å². The number of primary sulfonamides is 1. The highest BCUT2D eigenvalue weighted by molar-refractivity contribution is 7.89. The van der Waals surface area contributed by atoms with Crippen LogP contribution < -0.4 is 14.6 Å². The number of nitrogens with two attached hydrogens (primary N) is 1. The van der Waals surface area contributed by atoms with Gasteiger partial charge in [0, 0.05) is 13.1 Å². The standard InChI is InChI=1S/C20H27F4N3O5S/c1-11(10-33(25,28)29)8-30-12-3-5-13(6-4-12)32-20-26-18-14(21)7-15(31-9-16(22)23)17(24)19(18)27(20)2/h7,11-13,16H,3-6,8-10H2,1-2H3,(H2,25,28,29)/t11-,12?,13?/m0/s1. The first-order valence-corrected chi connectivity index (χ1v) is 12.2. The lowest BCUT2D eigenvalue weighted by atomic mass is 9.95. The summed E-state index contributed by atoms with van der Waals surface area (Å²) in [5, 5.41) is 5.04. The van der Waals surface area contributed by atoms with E-state index in [9.17, 15) is 26.0 Å². The number of ether oxygens (including phenoxy) is 3. The molecule has 1 aliphatic rings. The van der Waals surface area contributed by atoms with E-state index in [2.05, 4.69) is 9.72 Å². The first-order chi connectivity index (χ1) is 15.4. The van der Waals surface area contributed by atoms with E-state index in [0.29, 0.717) is 31.7 Å². The summed E-state index contributed by atoms with van der Waals surface area (Å²) < 4.78 is 93.7. The number of sulfonamides is 1. The number of fused-ring (bicyclic) bond motifs is 1. The maximum Gasteiger partial charge on any atom is 0.297 e. The Morgan fingerprint density at radius 2 is 1.82 bits per heavy atom. The Morgan fingerprint density at radius 1 is 1.18 bits per heavy atom. The van der Waals surface area contributed by atoms with Gasteiger partial charge in [0.1, 0.15) is 23.7 Å². The molecule has 0 saturated heterocycles. The van der Waals surface area contributed by atoms with E-state index in [1.807, 2.05) is 0 Å². The van der Waals surface area contributed by atoms with Gasteiger partial charge in [0.2, 0.25) is 10.0 Å². The third-order valence-corrected chi connectivity index (χ3v) is 6.39. The maximum atomic E-state index is 14.7. The molecule has 13 heteroatoms. The highest BCUT2D eigenvalue weighted by atomic mass is 32.2. The highest BCUT2D eigenvalue weighted by Gasteiger charge is 2.27. The molecule has 2 aromatic rings. The van der Waals surface area contributed by atoms with Crippen molar-refractivity contribution in [2.75, 3.05) is 19.0 Å². The number of rotatable bonds is 10. The second kappa shape index (κ2) is 10.4. The predicted octanol–water partition coefficient (Wildman–Crippen LogP) is 3.13. The van der Waals surface area contributed by atoms with Crippen LogP contribution in [0.4, 0.5) is 17.6 Å². The number of hydrogen-bond acceptors (Lipinski definition) is 6. The summed E-state index contributed by atoms with van der Waals surface area (Å²) in [6.45, 7) is 0.953. The van der Waals surface area contributed by atoms with Gasteiger partial charge >= 0.3 is 0 Å². The molecular formula is C20H27F4N3O5S. The first kappa shape index (κ1) is 25.5. The molecule has 1 fully saturated rings. The fourth-order valence-electron chi connectivity index (χ4n) is 3.83. The van der Waals surface area contributed by atoms with Crippen LogP contribution in [0.3, 0.4) is 0 Å². The van der Waals surface area contributed by atoms with E-state index in [1.165, 1.54) is 11.6 Å². The summed E-state index contributed by atoms with van der Waals surface area (Å²) in [5.74, 6) is -2.91. The summed E-state index contributed by atoms with van der Waals surface area (Å²) in [6.07, 6.45) is -0.628. The lowest BCUT2D eigenvalue weighted by Crippen LogP contribution is -2.31. The van der Waals surface area contributed by atoms with Crippen LogP contribution in [-0.2, 0) is 21.8 Å². The SMILES string of the molecule is C[C@@H](COC1CCC(Oc2nc3c(F)cc(OCC(F)F)c(F)c3n2C)CC1)CS(N)(=O)=O. The molecule has 1 saturated carbocycles. The molecule has 0 spiro atoms. The quantitative estimate of drug-likeness (QED) is 0.506. The van der Waals surface area contributed by atoms with Gasteiger partial charge in [0.25, 0.3) is 12.4 Å². The van der Waals surface area contributed by atoms with E-state index in [-0.39, 0.29) is 47.5 Å². The van der Waals surface area contributed by atoms with Gasteiger partial charge in [-0.1, -0.05) is 6.92 Å². The largest absolute Gasteiger partial charge is 0.484 e. The van der Waals surface area contributed by atoms with Crippen LogP contribution in [0.2, 0.25) is 0 Å². The van der Waals surface area contributed by atoms with Gasteiger partial charge in [0.15, 0.2) is 17.4 Å². The fraction of sp³-hybridized carbons (Fsp3) is 0.650. The zero-order valence-electron chi connectivity index (χ0n) is 18.3. The molecule has 0 radical (unpaired) electrons. The normalized spacial score (nSPS) is 20.4. The molecule has 1 atom stereocenters. The number of aryl methyl sites for hydroxylation is 1. The van der Waals surface area contributed by atoms with Crippen molar-refractivity contribution in [3.8, 4) is 11.8 Å². The van der Waals surface area contributed by atoms with Crippen LogP contribution in [-0.4, -0.2) is 55.6 Å². The molecule has 3 rings (SSSR count). The zero-order chi connectivity index (χ0) is 24.3. The third-order valence-electron chi connectivity index (χ3n) is 5.35. The van der Waals surface area contributed by atoms with Gasteiger partial charge in [-0.25, -0.2) is 31.1 Å². The average molecular weight is 498 g/mol. The van der Waals surface area contributed by atoms with Gasteiger partial charge in [-0.3, -0.25) is 4.57 Å². The Morgan fingerprint density at radius 3 is 2.42 bits per heavy atom. The molecular weight excluding hydrogens is 470 g/mol. The van der Waals surface area contributed by atoms with Gasteiger partial charge in [-0.2, -0.15) is 4.98 Å². The Labute approximate surface area is 189 Å². The molecule has 0 unspecified atom stereocenters. The van der Waals surface area contributed by atoms with Crippen LogP contribution in [0, 0.1) is 17.6 Å². The first-order valence-electron chi connectivity index (χ1n) is 10.5. The lowest BCUT2D eigenvalue weighted by Gasteiger charge is -2.29. The van der Waals surface area contributed by atoms with Gasteiger partial charge in [-0.05, 0) is 31.6 Å². The van der Waals surface area contributed by atoms with Crippen molar-refractivity contribution >= 4 is 21.1 Å². The van der Waals surface area contributed by atoms with E-state index in [1.54, 1.807) is 6.92 Å². The topological polar surface area (TPSA) is 106 Å². The van der Waals surface area contributed by atoms with Crippen LogP contribution in [0.25, 0.3) is 11.0 Å². The molecule has 0 aliphatic heterocycles. The number of halogens is 4. The van der Waals surface area contributed by atoms with E-state index in [0.717, 1.165) is 0 Å². The van der Waals surface area contributed by atoms with Crippen molar-refractivity contribution in [3.63, 3.8) is 0 Å². The number of aromatic nitrogens is 2. The van der Waals surface area contributed by atoms with Crippen molar-refractivity contribution < 1.29 is 40.2 Å². The molecule has 2 N–H and O–H groups in total. The lowest BCUT2D eigenvalue weighted by molar-refractivity contribution is -0.00977.